The zero-order chi connectivity index (χ0) is 23.8. The highest BCUT2D eigenvalue weighted by Gasteiger charge is 2.28. The predicted octanol–water partition coefficient (Wildman–Crippen LogP) is 6.80. The molecule has 4 aromatic carbocycles. The van der Waals surface area contributed by atoms with Gasteiger partial charge >= 0.3 is 0 Å². The van der Waals surface area contributed by atoms with Gasteiger partial charge < -0.3 is 0 Å². The molecule has 0 saturated heterocycles. The molecule has 0 heterocycles. The topological polar surface area (TPSA) is 51.2 Å². The highest BCUT2D eigenvalue weighted by Crippen LogP contribution is 2.40. The van der Waals surface area contributed by atoms with Gasteiger partial charge in [0.2, 0.25) is 9.84 Å². The molecule has 0 spiro atoms. The lowest BCUT2D eigenvalue weighted by molar-refractivity contribution is 0.107. The third kappa shape index (κ3) is 4.39. The quantitative estimate of drug-likeness (QED) is 0.341. The Bertz CT molecular complexity index is 1410. The molecule has 3 nitrogen and oxygen atoms in total. The van der Waals surface area contributed by atoms with E-state index in [1.54, 1.807) is 0 Å². The summed E-state index contributed by atoms with van der Waals surface area (Å²) < 4.78 is 25.1. The van der Waals surface area contributed by atoms with Crippen molar-refractivity contribution in [2.75, 3.05) is 6.26 Å². The molecular weight excluding hydrogens is 428 g/mol. The third-order valence-electron chi connectivity index (χ3n) is 6.01. The van der Waals surface area contributed by atoms with Crippen molar-refractivity contribution in [3.05, 3.63) is 107 Å². The summed E-state index contributed by atoms with van der Waals surface area (Å²) >= 11 is 0. The van der Waals surface area contributed by atoms with Gasteiger partial charge in [0.15, 0.2) is 0 Å². The van der Waals surface area contributed by atoms with Gasteiger partial charge in [0.05, 0.1) is 0 Å². The first kappa shape index (κ1) is 22.7. The van der Waals surface area contributed by atoms with Gasteiger partial charge in [-0.1, -0.05) is 72.8 Å². The van der Waals surface area contributed by atoms with Gasteiger partial charge in [0.25, 0.3) is 5.12 Å². The monoisotopic (exact) mass is 454 g/mol. The zero-order valence-corrected chi connectivity index (χ0v) is 20.0. The van der Waals surface area contributed by atoms with Crippen LogP contribution in [0.3, 0.4) is 0 Å². The summed E-state index contributed by atoms with van der Waals surface area (Å²) in [4.78, 5) is 13.4. The Hall–Kier alpha value is -3.50. The minimum Gasteiger partial charge on any atom is -0.276 e. The number of rotatable bonds is 4. The molecule has 4 aromatic rings. The molecule has 0 aromatic heterocycles. The van der Waals surface area contributed by atoms with Crippen molar-refractivity contribution in [3.63, 3.8) is 0 Å². The van der Waals surface area contributed by atoms with E-state index in [0.29, 0.717) is 11.1 Å². The lowest BCUT2D eigenvalue weighted by Gasteiger charge is -2.20. The Kier molecular flexibility index (Phi) is 6.05. The maximum absolute atomic E-state index is 13.4. The van der Waals surface area contributed by atoms with Crippen molar-refractivity contribution in [2.45, 2.75) is 20.8 Å². The summed E-state index contributed by atoms with van der Waals surface area (Å²) in [6, 6.07) is 27.5. The molecule has 0 N–H and O–H groups in total. The fourth-order valence-electron chi connectivity index (χ4n) is 4.27. The summed E-state index contributed by atoms with van der Waals surface area (Å²) in [5.74, 6) is 0. The van der Waals surface area contributed by atoms with Gasteiger partial charge in [-0.25, -0.2) is 8.42 Å². The Morgan fingerprint density at radius 3 is 1.30 bits per heavy atom. The van der Waals surface area contributed by atoms with Crippen LogP contribution in [-0.4, -0.2) is 19.8 Å². The Labute approximate surface area is 195 Å². The molecule has 4 heteroatoms. The van der Waals surface area contributed by atoms with E-state index >= 15 is 0 Å². The molecule has 0 aliphatic carbocycles. The van der Waals surface area contributed by atoms with Crippen LogP contribution in [0.2, 0.25) is 0 Å². The van der Waals surface area contributed by atoms with Crippen molar-refractivity contribution >= 4 is 15.0 Å². The lowest BCUT2D eigenvalue weighted by atomic mass is 9.85. The lowest BCUT2D eigenvalue weighted by Crippen LogP contribution is -2.16. The van der Waals surface area contributed by atoms with Crippen LogP contribution in [-0.2, 0) is 9.84 Å². The van der Waals surface area contributed by atoms with E-state index < -0.39 is 15.0 Å². The second-order valence-corrected chi connectivity index (χ2v) is 10.4. The summed E-state index contributed by atoms with van der Waals surface area (Å²) in [5, 5.41) is -0.865. The number of carbonyl (C=O) groups excluding carboxylic acids is 1. The van der Waals surface area contributed by atoms with Crippen molar-refractivity contribution in [1.29, 1.82) is 0 Å². The molecule has 0 bridgehead atoms. The number of hydrogen-bond acceptors (Lipinski definition) is 3. The van der Waals surface area contributed by atoms with Crippen LogP contribution < -0.4 is 0 Å². The highest BCUT2D eigenvalue weighted by atomic mass is 32.2. The van der Waals surface area contributed by atoms with E-state index in [-0.39, 0.29) is 5.56 Å². The maximum Gasteiger partial charge on any atom is 0.277 e. The molecule has 4 rings (SSSR count). The normalized spacial score (nSPS) is 11.4. The molecular formula is C29H26O3S. The number of aryl methyl sites for hydroxylation is 3. The fraction of sp³-hybridized carbons (Fsp3) is 0.138. The minimum absolute atomic E-state index is 0.221. The first-order valence-electron chi connectivity index (χ1n) is 10.8. The van der Waals surface area contributed by atoms with Gasteiger partial charge in [0, 0.05) is 11.8 Å². The third-order valence-corrected chi connectivity index (χ3v) is 6.88. The molecule has 0 unspecified atom stereocenters. The average molecular weight is 455 g/mol. The standard InChI is InChI=1S/C29H26O3S/c1-19-11-5-8-14-23(19)22-17-26(24-15-9-6-12-20(24)2)28(29(30)33(4,31)32)27(18-22)25-16-10-7-13-21(25)3/h5-18H,1-4H3. The van der Waals surface area contributed by atoms with Crippen molar-refractivity contribution < 1.29 is 13.2 Å². The molecule has 0 atom stereocenters. The summed E-state index contributed by atoms with van der Waals surface area (Å²) in [6.07, 6.45) is 0.980. The smallest absolute Gasteiger partial charge is 0.276 e. The Morgan fingerprint density at radius 2 is 0.939 bits per heavy atom. The van der Waals surface area contributed by atoms with Crippen molar-refractivity contribution in [3.8, 4) is 33.4 Å². The first-order chi connectivity index (χ1) is 15.7. The highest BCUT2D eigenvalue weighted by molar-refractivity contribution is 8.06. The van der Waals surface area contributed by atoms with Gasteiger partial charge in [0.1, 0.15) is 0 Å². The predicted molar refractivity (Wildman–Crippen MR) is 136 cm³/mol. The Morgan fingerprint density at radius 1 is 0.576 bits per heavy atom. The molecule has 0 aliphatic heterocycles. The van der Waals surface area contributed by atoms with Crippen LogP contribution in [0.15, 0.2) is 84.9 Å². The van der Waals surface area contributed by atoms with Gasteiger partial charge in [-0.05, 0) is 83.0 Å². The number of benzene rings is 4. The summed E-state index contributed by atoms with van der Waals surface area (Å²) in [7, 11) is -3.97. The number of carbonyl (C=O) groups is 1. The van der Waals surface area contributed by atoms with Crippen LogP contribution >= 0.6 is 0 Å². The summed E-state index contributed by atoms with van der Waals surface area (Å²) in [5.41, 5.74) is 8.19. The van der Waals surface area contributed by atoms with E-state index in [1.807, 2.05) is 106 Å². The average Bonchev–Trinajstić information content (AvgIpc) is 2.78. The zero-order valence-electron chi connectivity index (χ0n) is 19.2. The van der Waals surface area contributed by atoms with Crippen LogP contribution in [0.25, 0.3) is 33.4 Å². The molecule has 33 heavy (non-hydrogen) atoms. The second-order valence-electron chi connectivity index (χ2n) is 8.45. The van der Waals surface area contributed by atoms with Crippen molar-refractivity contribution in [1.82, 2.24) is 0 Å². The first-order valence-corrected chi connectivity index (χ1v) is 12.7. The number of hydrogen-bond donors (Lipinski definition) is 0. The molecule has 0 saturated carbocycles. The van der Waals surface area contributed by atoms with Crippen LogP contribution in [0, 0.1) is 20.8 Å². The van der Waals surface area contributed by atoms with Crippen LogP contribution in [0.1, 0.15) is 27.0 Å². The largest absolute Gasteiger partial charge is 0.277 e. The van der Waals surface area contributed by atoms with Crippen LogP contribution in [0.5, 0.6) is 0 Å². The fourth-order valence-corrected chi connectivity index (χ4v) is 4.87. The molecule has 0 radical (unpaired) electrons. The SMILES string of the molecule is Cc1ccccc1-c1cc(-c2ccccc2C)c(C(=O)S(C)(=O)=O)c(-c2ccccc2C)c1. The minimum atomic E-state index is -3.97. The number of sulfone groups is 1. The second kappa shape index (κ2) is 8.80. The van der Waals surface area contributed by atoms with E-state index in [1.165, 1.54) is 0 Å². The Balaban J connectivity index is 2.20. The summed E-state index contributed by atoms with van der Waals surface area (Å²) in [6.45, 7) is 5.99. The molecule has 166 valence electrons. The molecule has 0 amide bonds. The van der Waals surface area contributed by atoms with E-state index in [9.17, 15) is 13.2 Å². The van der Waals surface area contributed by atoms with Crippen LogP contribution in [0.4, 0.5) is 0 Å². The van der Waals surface area contributed by atoms with E-state index in [2.05, 4.69) is 0 Å². The molecule has 0 fully saturated rings. The van der Waals surface area contributed by atoms with E-state index in [0.717, 1.165) is 45.2 Å². The molecule has 0 aliphatic rings. The van der Waals surface area contributed by atoms with E-state index in [4.69, 9.17) is 0 Å². The van der Waals surface area contributed by atoms with Gasteiger partial charge in [-0.2, -0.15) is 0 Å². The van der Waals surface area contributed by atoms with Gasteiger partial charge in [-0.15, -0.1) is 0 Å². The van der Waals surface area contributed by atoms with Crippen molar-refractivity contribution in [2.24, 2.45) is 0 Å². The van der Waals surface area contributed by atoms with Gasteiger partial charge in [-0.3, -0.25) is 4.79 Å². The maximum atomic E-state index is 13.4.